The molecule has 18 heavy (non-hydrogen) atoms. The van der Waals surface area contributed by atoms with Crippen LogP contribution in [0, 0.1) is 12.8 Å². The van der Waals surface area contributed by atoms with Gasteiger partial charge in [-0.2, -0.15) is 0 Å². The third-order valence-electron chi connectivity index (χ3n) is 2.42. The Kier molecular flexibility index (Phi) is 5.71. The highest BCUT2D eigenvalue weighted by Gasteiger charge is 2.12. The summed E-state index contributed by atoms with van der Waals surface area (Å²) in [4.78, 5) is 23.1. The van der Waals surface area contributed by atoms with Gasteiger partial charge in [0, 0.05) is 11.4 Å². The predicted octanol–water partition coefficient (Wildman–Crippen LogP) is 1.92. The van der Waals surface area contributed by atoms with Gasteiger partial charge in [-0.15, -0.1) is 11.8 Å². The van der Waals surface area contributed by atoms with Crippen molar-refractivity contribution in [2.45, 2.75) is 18.7 Å². The molecule has 0 bridgehead atoms. The fraction of sp³-hybridized carbons (Fsp3) is 0.385. The number of rotatable bonds is 6. The lowest BCUT2D eigenvalue weighted by molar-refractivity contribution is -0.141. The lowest BCUT2D eigenvalue weighted by atomic mass is 10.2. The Balaban J connectivity index is 2.29. The minimum absolute atomic E-state index is 0.145. The Labute approximate surface area is 111 Å². The number of thioether (sulfide) groups is 1. The lowest BCUT2D eigenvalue weighted by Gasteiger charge is -2.08. The molecule has 1 aromatic carbocycles. The van der Waals surface area contributed by atoms with Crippen molar-refractivity contribution < 1.29 is 14.7 Å². The molecule has 0 spiro atoms. The van der Waals surface area contributed by atoms with E-state index < -0.39 is 11.9 Å². The first-order chi connectivity index (χ1) is 8.49. The lowest BCUT2D eigenvalue weighted by Crippen LogP contribution is -2.32. The summed E-state index contributed by atoms with van der Waals surface area (Å²) >= 11 is 1.44. The van der Waals surface area contributed by atoms with Crippen molar-refractivity contribution in [1.29, 1.82) is 0 Å². The number of carboxylic acid groups (broad SMARTS) is 1. The Morgan fingerprint density at radius 3 is 2.50 bits per heavy atom. The van der Waals surface area contributed by atoms with E-state index in [-0.39, 0.29) is 12.5 Å². The van der Waals surface area contributed by atoms with Gasteiger partial charge in [0.2, 0.25) is 5.91 Å². The first kappa shape index (κ1) is 14.6. The smallest absolute Gasteiger partial charge is 0.308 e. The summed E-state index contributed by atoms with van der Waals surface area (Å²) in [5.41, 5.74) is 1.18. The van der Waals surface area contributed by atoms with Gasteiger partial charge >= 0.3 is 5.97 Å². The summed E-state index contributed by atoms with van der Waals surface area (Å²) in [5.74, 6) is -1.30. The average Bonchev–Trinajstić information content (AvgIpc) is 2.35. The zero-order valence-corrected chi connectivity index (χ0v) is 11.3. The second-order valence-electron chi connectivity index (χ2n) is 4.15. The van der Waals surface area contributed by atoms with Gasteiger partial charge in [0.15, 0.2) is 0 Å². The van der Waals surface area contributed by atoms with Crippen LogP contribution in [-0.2, 0) is 9.59 Å². The van der Waals surface area contributed by atoms with Crippen molar-refractivity contribution in [3.8, 4) is 0 Å². The van der Waals surface area contributed by atoms with Gasteiger partial charge in [-0.05, 0) is 19.1 Å². The van der Waals surface area contributed by atoms with E-state index in [0.717, 1.165) is 4.90 Å². The molecule has 5 heteroatoms. The zero-order valence-electron chi connectivity index (χ0n) is 10.5. The number of carboxylic acids is 1. The second kappa shape index (κ2) is 7.06. The molecule has 1 rings (SSSR count). The minimum atomic E-state index is -0.901. The van der Waals surface area contributed by atoms with Crippen molar-refractivity contribution in [3.05, 3.63) is 29.8 Å². The summed E-state index contributed by atoms with van der Waals surface area (Å²) in [6.07, 6.45) is 0. The van der Waals surface area contributed by atoms with Crippen LogP contribution >= 0.6 is 11.8 Å². The van der Waals surface area contributed by atoms with E-state index in [0.29, 0.717) is 5.75 Å². The SMILES string of the molecule is Cc1ccc(SCC(=O)NCC(C)C(=O)O)cc1. The molecular weight excluding hydrogens is 250 g/mol. The topological polar surface area (TPSA) is 66.4 Å². The fourth-order valence-electron chi connectivity index (χ4n) is 1.19. The van der Waals surface area contributed by atoms with Crippen LogP contribution in [0.3, 0.4) is 0 Å². The molecule has 0 aliphatic carbocycles. The number of nitrogens with one attached hydrogen (secondary N) is 1. The molecule has 1 aromatic rings. The van der Waals surface area contributed by atoms with E-state index in [9.17, 15) is 9.59 Å². The normalized spacial score (nSPS) is 11.9. The number of hydrogen-bond donors (Lipinski definition) is 2. The first-order valence-corrected chi connectivity index (χ1v) is 6.66. The number of carbonyl (C=O) groups is 2. The number of aryl methyl sites for hydroxylation is 1. The third-order valence-corrected chi connectivity index (χ3v) is 3.43. The Hall–Kier alpha value is -1.49. The van der Waals surface area contributed by atoms with Crippen LogP contribution in [0.1, 0.15) is 12.5 Å². The second-order valence-corrected chi connectivity index (χ2v) is 5.19. The molecule has 0 saturated carbocycles. The van der Waals surface area contributed by atoms with Crippen molar-refractivity contribution in [2.24, 2.45) is 5.92 Å². The van der Waals surface area contributed by atoms with E-state index in [1.807, 2.05) is 31.2 Å². The predicted molar refractivity (Wildman–Crippen MR) is 71.7 cm³/mol. The summed E-state index contributed by atoms with van der Waals surface area (Å²) in [6, 6.07) is 7.92. The van der Waals surface area contributed by atoms with E-state index in [1.165, 1.54) is 17.3 Å². The van der Waals surface area contributed by atoms with Crippen LogP contribution in [0.25, 0.3) is 0 Å². The highest BCUT2D eigenvalue weighted by atomic mass is 32.2. The standard InChI is InChI=1S/C13H17NO3S/c1-9-3-5-11(6-4-9)18-8-12(15)14-7-10(2)13(16)17/h3-6,10H,7-8H2,1-2H3,(H,14,15)(H,16,17). The van der Waals surface area contributed by atoms with Gasteiger partial charge < -0.3 is 10.4 Å². The van der Waals surface area contributed by atoms with Gasteiger partial charge in [0.05, 0.1) is 11.7 Å². The van der Waals surface area contributed by atoms with E-state index in [2.05, 4.69) is 5.32 Å². The maximum absolute atomic E-state index is 11.5. The monoisotopic (exact) mass is 267 g/mol. The Bertz CT molecular complexity index is 417. The summed E-state index contributed by atoms with van der Waals surface area (Å²) in [5, 5.41) is 11.3. The number of carbonyl (C=O) groups excluding carboxylic acids is 1. The quantitative estimate of drug-likeness (QED) is 0.773. The Morgan fingerprint density at radius 1 is 1.33 bits per heavy atom. The molecule has 98 valence electrons. The van der Waals surface area contributed by atoms with Crippen LogP contribution in [-0.4, -0.2) is 29.3 Å². The van der Waals surface area contributed by atoms with Crippen LogP contribution in [0.2, 0.25) is 0 Å². The zero-order chi connectivity index (χ0) is 13.5. The molecule has 4 nitrogen and oxygen atoms in total. The maximum atomic E-state index is 11.5. The van der Waals surface area contributed by atoms with Gasteiger partial charge in [0.25, 0.3) is 0 Å². The highest BCUT2D eigenvalue weighted by Crippen LogP contribution is 2.17. The third kappa shape index (κ3) is 5.23. The van der Waals surface area contributed by atoms with E-state index >= 15 is 0 Å². The molecule has 0 fully saturated rings. The molecule has 0 saturated heterocycles. The first-order valence-electron chi connectivity index (χ1n) is 5.68. The molecule has 1 unspecified atom stereocenters. The van der Waals surface area contributed by atoms with Crippen molar-refractivity contribution in [1.82, 2.24) is 5.32 Å². The summed E-state index contributed by atoms with van der Waals surface area (Å²) < 4.78 is 0. The summed E-state index contributed by atoms with van der Waals surface area (Å²) in [6.45, 7) is 3.74. The minimum Gasteiger partial charge on any atom is -0.481 e. The summed E-state index contributed by atoms with van der Waals surface area (Å²) in [7, 11) is 0. The van der Waals surface area contributed by atoms with Crippen LogP contribution in [0.4, 0.5) is 0 Å². The molecular formula is C13H17NO3S. The maximum Gasteiger partial charge on any atom is 0.308 e. The molecule has 0 heterocycles. The van der Waals surface area contributed by atoms with E-state index in [4.69, 9.17) is 5.11 Å². The molecule has 0 aromatic heterocycles. The average molecular weight is 267 g/mol. The Morgan fingerprint density at radius 2 is 1.94 bits per heavy atom. The van der Waals surface area contributed by atoms with Crippen LogP contribution < -0.4 is 5.32 Å². The van der Waals surface area contributed by atoms with Gasteiger partial charge in [-0.3, -0.25) is 9.59 Å². The molecule has 0 aliphatic heterocycles. The van der Waals surface area contributed by atoms with Gasteiger partial charge in [-0.1, -0.05) is 24.6 Å². The molecule has 1 atom stereocenters. The van der Waals surface area contributed by atoms with Crippen molar-refractivity contribution >= 4 is 23.6 Å². The van der Waals surface area contributed by atoms with E-state index in [1.54, 1.807) is 6.92 Å². The van der Waals surface area contributed by atoms with Gasteiger partial charge in [-0.25, -0.2) is 0 Å². The molecule has 0 radical (unpaired) electrons. The number of amides is 1. The molecule has 2 N–H and O–H groups in total. The van der Waals surface area contributed by atoms with Gasteiger partial charge in [0.1, 0.15) is 0 Å². The number of benzene rings is 1. The number of hydrogen-bond acceptors (Lipinski definition) is 3. The van der Waals surface area contributed by atoms with Crippen molar-refractivity contribution in [3.63, 3.8) is 0 Å². The highest BCUT2D eigenvalue weighted by molar-refractivity contribution is 8.00. The fourth-order valence-corrected chi connectivity index (χ4v) is 1.92. The van der Waals surface area contributed by atoms with Crippen LogP contribution in [0.5, 0.6) is 0 Å². The largest absolute Gasteiger partial charge is 0.481 e. The molecule has 1 amide bonds. The van der Waals surface area contributed by atoms with Crippen LogP contribution in [0.15, 0.2) is 29.2 Å². The van der Waals surface area contributed by atoms with Crippen molar-refractivity contribution in [2.75, 3.05) is 12.3 Å². The molecule has 0 aliphatic rings. The number of aliphatic carboxylic acids is 1.